The van der Waals surface area contributed by atoms with Gasteiger partial charge in [-0.3, -0.25) is 4.55 Å². The molecule has 3 aliphatic rings. The summed E-state index contributed by atoms with van der Waals surface area (Å²) in [5, 5.41) is 0. The monoisotopic (exact) mass is 685 g/mol. The van der Waals surface area contributed by atoms with Gasteiger partial charge in [-0.25, -0.2) is 0 Å². The fourth-order valence-electron chi connectivity index (χ4n) is 4.96. The molecule has 1 N–H and O–H groups in total. The van der Waals surface area contributed by atoms with Gasteiger partial charge < -0.3 is 28.4 Å². The minimum absolute atomic E-state index is 0.142. The fraction of sp³-hybridized carbons (Fsp3) is 0.438. The first kappa shape index (κ1) is 34.3. The van der Waals surface area contributed by atoms with Gasteiger partial charge in [0.05, 0.1) is 30.7 Å². The van der Waals surface area contributed by atoms with E-state index >= 15 is 0 Å². The number of hydrogen-bond donors (Lipinski definition) is 1. The average molecular weight is 686 g/mol. The number of alkyl halides is 3. The number of ether oxygens (including phenoxy) is 6. The van der Waals surface area contributed by atoms with Crippen molar-refractivity contribution in [3.63, 3.8) is 0 Å². The standard InChI is InChI=1S/C30H33O6S.C2H3F3O3S/c1-4-28(31-19-1)34-22-7-13-25(14-8-22)37(26-15-9-23(10-16-26)35-29-5-2-20-32-29)27-17-11-24(12-18-27)36-30-6-3-21-33-30;3-2(4,5)1-9(6,7)8/h7-18,28-30H,1-6,19-21H2;1H2,(H,6,7,8)/q+1;. The van der Waals surface area contributed by atoms with Gasteiger partial charge in [0.1, 0.15) is 17.2 Å². The molecule has 3 aromatic carbocycles. The summed E-state index contributed by atoms with van der Waals surface area (Å²) in [6.07, 6.45) is 0.674. The molecular formula is C32H36F3O9S2+. The Morgan fingerprint density at radius 2 is 0.935 bits per heavy atom. The summed E-state index contributed by atoms with van der Waals surface area (Å²) in [5.74, 6) is 0.319. The molecule has 3 unspecified atom stereocenters. The van der Waals surface area contributed by atoms with Gasteiger partial charge in [0.25, 0.3) is 10.1 Å². The predicted octanol–water partition coefficient (Wildman–Crippen LogP) is 6.76. The largest absolute Gasteiger partial charge is 0.465 e. The van der Waals surface area contributed by atoms with Crippen LogP contribution in [0.25, 0.3) is 0 Å². The van der Waals surface area contributed by atoms with Crippen molar-refractivity contribution in [3.05, 3.63) is 72.8 Å². The molecule has 250 valence electrons. The van der Waals surface area contributed by atoms with Crippen LogP contribution in [0.1, 0.15) is 38.5 Å². The second-order valence-corrected chi connectivity index (χ2v) is 14.2. The topological polar surface area (TPSA) is 110 Å². The van der Waals surface area contributed by atoms with Crippen molar-refractivity contribution < 1.29 is 54.6 Å². The van der Waals surface area contributed by atoms with Crippen LogP contribution in [0.5, 0.6) is 17.2 Å². The Bertz CT molecular complexity index is 1320. The zero-order chi connectivity index (χ0) is 32.6. The number of hydrogen-bond acceptors (Lipinski definition) is 8. The molecule has 0 amide bonds. The average Bonchev–Trinajstić information content (AvgIpc) is 3.80. The lowest BCUT2D eigenvalue weighted by Crippen LogP contribution is -2.21. The number of halogens is 3. The van der Waals surface area contributed by atoms with Gasteiger partial charge in [-0.2, -0.15) is 21.6 Å². The van der Waals surface area contributed by atoms with E-state index in [2.05, 4.69) is 36.4 Å². The minimum atomic E-state index is -4.91. The summed E-state index contributed by atoms with van der Waals surface area (Å²) >= 11 is 0. The van der Waals surface area contributed by atoms with Crippen molar-refractivity contribution in [1.29, 1.82) is 0 Å². The number of benzene rings is 3. The van der Waals surface area contributed by atoms with Gasteiger partial charge in [0.2, 0.25) is 0 Å². The molecule has 0 bridgehead atoms. The Balaban J connectivity index is 0.000000407. The van der Waals surface area contributed by atoms with Gasteiger partial charge in [-0.15, -0.1) is 0 Å². The first-order chi connectivity index (χ1) is 22.0. The first-order valence-corrected chi connectivity index (χ1v) is 17.8. The lowest BCUT2D eigenvalue weighted by atomic mass is 10.3. The maximum atomic E-state index is 11.0. The van der Waals surface area contributed by atoms with Crippen LogP contribution >= 0.6 is 0 Å². The maximum absolute atomic E-state index is 11.0. The number of rotatable bonds is 10. The Kier molecular flexibility index (Phi) is 11.7. The van der Waals surface area contributed by atoms with Gasteiger partial charge in [0.15, 0.2) is 39.3 Å². The minimum Gasteiger partial charge on any atom is -0.465 e. The van der Waals surface area contributed by atoms with Gasteiger partial charge in [-0.1, -0.05) is 0 Å². The molecule has 46 heavy (non-hydrogen) atoms. The normalized spacial score (nSPS) is 22.1. The highest BCUT2D eigenvalue weighted by Gasteiger charge is 2.34. The molecule has 0 aromatic heterocycles. The highest BCUT2D eigenvalue weighted by molar-refractivity contribution is 7.97. The van der Waals surface area contributed by atoms with E-state index in [9.17, 15) is 21.6 Å². The zero-order valence-electron chi connectivity index (χ0n) is 24.9. The van der Waals surface area contributed by atoms with Crippen LogP contribution in [0, 0.1) is 0 Å². The summed E-state index contributed by atoms with van der Waals surface area (Å²) < 4.78 is 94.5. The molecule has 6 rings (SSSR count). The Morgan fingerprint density at radius 3 is 1.13 bits per heavy atom. The van der Waals surface area contributed by atoms with Crippen molar-refractivity contribution in [1.82, 2.24) is 0 Å². The lowest BCUT2D eigenvalue weighted by molar-refractivity contribution is -0.107. The molecule has 0 spiro atoms. The molecule has 0 aliphatic carbocycles. The van der Waals surface area contributed by atoms with Crippen molar-refractivity contribution in [2.24, 2.45) is 0 Å². The molecule has 3 atom stereocenters. The first-order valence-electron chi connectivity index (χ1n) is 14.9. The zero-order valence-corrected chi connectivity index (χ0v) is 26.5. The Hall–Kier alpha value is -3.01. The summed E-state index contributed by atoms with van der Waals surface area (Å²) in [6.45, 7) is 2.31. The van der Waals surface area contributed by atoms with Crippen molar-refractivity contribution in [2.45, 2.75) is 78.3 Å². The molecule has 3 saturated heterocycles. The molecule has 3 aliphatic heterocycles. The lowest BCUT2D eigenvalue weighted by Gasteiger charge is -2.15. The third-order valence-corrected chi connectivity index (χ3v) is 9.91. The highest BCUT2D eigenvalue weighted by atomic mass is 32.2. The Morgan fingerprint density at radius 1 is 0.630 bits per heavy atom. The van der Waals surface area contributed by atoms with Crippen LogP contribution < -0.4 is 14.2 Å². The smallest absolute Gasteiger partial charge is 0.405 e. The second kappa shape index (κ2) is 15.7. The van der Waals surface area contributed by atoms with Crippen LogP contribution in [0.3, 0.4) is 0 Å². The summed E-state index contributed by atoms with van der Waals surface area (Å²) in [5.41, 5.74) is 0. The molecule has 9 nitrogen and oxygen atoms in total. The third kappa shape index (κ3) is 10.8. The van der Waals surface area contributed by atoms with Gasteiger partial charge >= 0.3 is 6.18 Å². The van der Waals surface area contributed by atoms with E-state index in [1.807, 2.05) is 36.4 Å². The van der Waals surface area contributed by atoms with E-state index in [1.54, 1.807) is 0 Å². The van der Waals surface area contributed by atoms with Crippen molar-refractivity contribution >= 4 is 21.0 Å². The van der Waals surface area contributed by atoms with E-state index in [-0.39, 0.29) is 29.8 Å². The molecule has 3 aromatic rings. The summed E-state index contributed by atoms with van der Waals surface area (Å²) in [7, 11) is -5.22. The van der Waals surface area contributed by atoms with Crippen LogP contribution in [0.4, 0.5) is 13.2 Å². The van der Waals surface area contributed by atoms with Crippen LogP contribution in [0.2, 0.25) is 0 Å². The molecular weight excluding hydrogens is 649 g/mol. The SMILES string of the molecule is O=S(=O)(O)CC(F)(F)F.c1cc([S+](c2ccc(OC3CCCO3)cc2)c2ccc(OC3CCCO3)cc2)ccc1OC1CCCO1. The van der Waals surface area contributed by atoms with E-state index in [1.165, 1.54) is 14.7 Å². The summed E-state index contributed by atoms with van der Waals surface area (Å²) in [4.78, 5) is 3.63. The quantitative estimate of drug-likeness (QED) is 0.183. The van der Waals surface area contributed by atoms with Crippen LogP contribution in [-0.4, -0.2) is 63.6 Å². The molecule has 14 heteroatoms. The maximum Gasteiger partial charge on any atom is 0.405 e. The summed E-state index contributed by atoms with van der Waals surface area (Å²) in [6, 6.07) is 25.2. The second-order valence-electron chi connectivity index (χ2n) is 10.7. The van der Waals surface area contributed by atoms with Crippen LogP contribution in [0.15, 0.2) is 87.5 Å². The van der Waals surface area contributed by atoms with Gasteiger partial charge in [0, 0.05) is 19.3 Å². The predicted molar refractivity (Wildman–Crippen MR) is 163 cm³/mol. The third-order valence-electron chi connectivity index (χ3n) is 6.99. The molecule has 3 heterocycles. The molecule has 0 saturated carbocycles. The Labute approximate surface area is 269 Å². The van der Waals surface area contributed by atoms with E-state index in [4.69, 9.17) is 33.0 Å². The van der Waals surface area contributed by atoms with E-state index in [0.29, 0.717) is 0 Å². The van der Waals surface area contributed by atoms with E-state index in [0.717, 1.165) is 75.6 Å². The van der Waals surface area contributed by atoms with Crippen LogP contribution in [-0.2, 0) is 35.2 Å². The van der Waals surface area contributed by atoms with Gasteiger partial charge in [-0.05, 0) is 92.1 Å². The van der Waals surface area contributed by atoms with E-state index < -0.39 is 22.0 Å². The molecule has 3 fully saturated rings. The molecule has 0 radical (unpaired) electrons. The van der Waals surface area contributed by atoms with Crippen molar-refractivity contribution in [3.8, 4) is 17.2 Å². The highest BCUT2D eigenvalue weighted by Crippen LogP contribution is 2.35. The fourth-order valence-corrected chi connectivity index (χ4v) is 7.41. The van der Waals surface area contributed by atoms with Crippen molar-refractivity contribution in [2.75, 3.05) is 25.6 Å².